The van der Waals surface area contributed by atoms with Crippen LogP contribution in [0.2, 0.25) is 0 Å². The highest BCUT2D eigenvalue weighted by atomic mass is 16.2. The molecule has 0 spiro atoms. The summed E-state index contributed by atoms with van der Waals surface area (Å²) in [7, 11) is 1.61. The lowest BCUT2D eigenvalue weighted by Gasteiger charge is -2.29. The number of rotatable bonds is 5. The molecule has 3 heterocycles. The summed E-state index contributed by atoms with van der Waals surface area (Å²) in [5, 5.41) is 7.03. The Morgan fingerprint density at radius 3 is 2.69 bits per heavy atom. The van der Waals surface area contributed by atoms with Crippen LogP contribution in [-0.2, 0) is 24.2 Å². The van der Waals surface area contributed by atoms with Crippen LogP contribution in [0.3, 0.4) is 0 Å². The third kappa shape index (κ3) is 3.40. The number of nitrogens with two attached hydrogens (primary N) is 1. The molecule has 2 aromatic rings. The summed E-state index contributed by atoms with van der Waals surface area (Å²) in [6.07, 6.45) is 2.79. The van der Waals surface area contributed by atoms with E-state index in [-0.39, 0.29) is 11.9 Å². The van der Waals surface area contributed by atoms with Gasteiger partial charge < -0.3 is 16.0 Å². The lowest BCUT2D eigenvalue weighted by molar-refractivity contribution is -0.119. The summed E-state index contributed by atoms with van der Waals surface area (Å²) in [4.78, 5) is 29.8. The Morgan fingerprint density at radius 2 is 2.12 bits per heavy atom. The molecule has 2 aromatic heterocycles. The van der Waals surface area contributed by atoms with Crippen molar-refractivity contribution in [3.8, 4) is 0 Å². The summed E-state index contributed by atoms with van der Waals surface area (Å²) in [5.74, 6) is 0.259. The fourth-order valence-corrected chi connectivity index (χ4v) is 3.25. The van der Waals surface area contributed by atoms with Crippen molar-refractivity contribution in [3.05, 3.63) is 40.8 Å². The van der Waals surface area contributed by atoms with E-state index in [0.717, 1.165) is 35.6 Å². The number of likely N-dealkylation sites (N-methyl/N-ethyl adjacent to an activating group) is 1. The lowest BCUT2D eigenvalue weighted by Crippen LogP contribution is -2.32. The van der Waals surface area contributed by atoms with E-state index in [1.54, 1.807) is 13.2 Å². The molecule has 3 rings (SSSR count). The number of hydrogen-bond donors (Lipinski definition) is 2. The zero-order chi connectivity index (χ0) is 18.8. The van der Waals surface area contributed by atoms with Crippen LogP contribution in [0.25, 0.3) is 0 Å². The molecule has 0 fully saturated rings. The number of carbonyl (C=O) groups excluding carboxylic acids is 2. The molecule has 0 bridgehead atoms. The van der Waals surface area contributed by atoms with Gasteiger partial charge in [0.1, 0.15) is 5.82 Å². The molecule has 8 heteroatoms. The second-order valence-electron chi connectivity index (χ2n) is 6.72. The largest absolute Gasteiger partial charge is 0.364 e. The standard InChI is InChI=1S/C18H24N6O2/c1-11(2)24-14-6-7-23(10-13(14)17(22-24)18(19)26)15-5-4-12(9-21-15)8-16(25)20-3/h4-5,9,11H,6-8,10H2,1-3H3,(H2,19,26)(H,20,25). The molecular formula is C18H24N6O2. The smallest absolute Gasteiger partial charge is 0.269 e. The molecule has 26 heavy (non-hydrogen) atoms. The van der Waals surface area contributed by atoms with Gasteiger partial charge >= 0.3 is 0 Å². The van der Waals surface area contributed by atoms with Crippen molar-refractivity contribution in [2.75, 3.05) is 18.5 Å². The fraction of sp³-hybridized carbons (Fsp3) is 0.444. The highest BCUT2D eigenvalue weighted by molar-refractivity contribution is 5.92. The molecule has 0 unspecified atom stereocenters. The average molecular weight is 356 g/mol. The fourth-order valence-electron chi connectivity index (χ4n) is 3.25. The Labute approximate surface area is 152 Å². The maximum absolute atomic E-state index is 11.8. The molecular weight excluding hydrogens is 332 g/mol. The van der Waals surface area contributed by atoms with Gasteiger partial charge in [-0.05, 0) is 25.5 Å². The number of hydrogen-bond acceptors (Lipinski definition) is 5. The van der Waals surface area contributed by atoms with Gasteiger partial charge in [0.2, 0.25) is 5.91 Å². The van der Waals surface area contributed by atoms with Gasteiger partial charge in [0.05, 0.1) is 6.42 Å². The van der Waals surface area contributed by atoms with E-state index >= 15 is 0 Å². The van der Waals surface area contributed by atoms with Gasteiger partial charge in [-0.3, -0.25) is 14.3 Å². The molecule has 0 saturated heterocycles. The van der Waals surface area contributed by atoms with Crippen molar-refractivity contribution in [2.45, 2.75) is 39.3 Å². The number of aromatic nitrogens is 3. The first kappa shape index (κ1) is 17.9. The summed E-state index contributed by atoms with van der Waals surface area (Å²) in [6.45, 7) is 5.40. The first-order chi connectivity index (χ1) is 12.4. The summed E-state index contributed by atoms with van der Waals surface area (Å²) >= 11 is 0. The zero-order valence-corrected chi connectivity index (χ0v) is 15.3. The Bertz CT molecular complexity index is 825. The van der Waals surface area contributed by atoms with Crippen LogP contribution in [0.1, 0.15) is 47.2 Å². The Kier molecular flexibility index (Phi) is 4.92. The van der Waals surface area contributed by atoms with Crippen LogP contribution in [0.15, 0.2) is 18.3 Å². The van der Waals surface area contributed by atoms with Crippen LogP contribution in [-0.4, -0.2) is 40.2 Å². The van der Waals surface area contributed by atoms with Crippen LogP contribution in [0, 0.1) is 0 Å². The molecule has 0 atom stereocenters. The molecule has 8 nitrogen and oxygen atoms in total. The van der Waals surface area contributed by atoms with Crippen molar-refractivity contribution < 1.29 is 9.59 Å². The molecule has 0 aromatic carbocycles. The van der Waals surface area contributed by atoms with Crippen LogP contribution in [0.5, 0.6) is 0 Å². The van der Waals surface area contributed by atoms with Crippen molar-refractivity contribution in [1.82, 2.24) is 20.1 Å². The number of fused-ring (bicyclic) bond motifs is 1. The predicted molar refractivity (Wildman–Crippen MR) is 97.9 cm³/mol. The number of anilines is 1. The second kappa shape index (κ2) is 7.15. The third-order valence-corrected chi connectivity index (χ3v) is 4.59. The van der Waals surface area contributed by atoms with Gasteiger partial charge in [-0.1, -0.05) is 6.07 Å². The van der Waals surface area contributed by atoms with Gasteiger partial charge in [-0.15, -0.1) is 0 Å². The van der Waals surface area contributed by atoms with Gasteiger partial charge in [-0.25, -0.2) is 4.98 Å². The molecule has 0 radical (unpaired) electrons. The van der Waals surface area contributed by atoms with E-state index in [1.165, 1.54) is 0 Å². The van der Waals surface area contributed by atoms with E-state index in [4.69, 9.17) is 5.73 Å². The number of amides is 2. The quantitative estimate of drug-likeness (QED) is 0.824. The monoisotopic (exact) mass is 356 g/mol. The van der Waals surface area contributed by atoms with Crippen molar-refractivity contribution in [3.63, 3.8) is 0 Å². The minimum atomic E-state index is -0.503. The number of nitrogens with zero attached hydrogens (tertiary/aromatic N) is 4. The number of primary amides is 1. The molecule has 3 N–H and O–H groups in total. The Hall–Kier alpha value is -2.90. The highest BCUT2D eigenvalue weighted by Crippen LogP contribution is 2.27. The summed E-state index contributed by atoms with van der Waals surface area (Å²) in [6, 6.07) is 3.98. The Morgan fingerprint density at radius 1 is 1.35 bits per heavy atom. The normalized spacial score (nSPS) is 13.6. The zero-order valence-electron chi connectivity index (χ0n) is 15.3. The molecule has 2 amide bonds. The average Bonchev–Trinajstić information content (AvgIpc) is 3.01. The lowest BCUT2D eigenvalue weighted by atomic mass is 10.0. The predicted octanol–water partition coefficient (Wildman–Crippen LogP) is 0.809. The minimum Gasteiger partial charge on any atom is -0.364 e. The number of carbonyl (C=O) groups is 2. The van der Waals surface area contributed by atoms with Crippen molar-refractivity contribution in [2.24, 2.45) is 5.73 Å². The van der Waals surface area contributed by atoms with Crippen LogP contribution >= 0.6 is 0 Å². The second-order valence-corrected chi connectivity index (χ2v) is 6.72. The minimum absolute atomic E-state index is 0.0469. The summed E-state index contributed by atoms with van der Waals surface area (Å²) in [5.41, 5.74) is 8.68. The van der Waals surface area contributed by atoms with E-state index < -0.39 is 5.91 Å². The number of pyridine rings is 1. The molecule has 138 valence electrons. The van der Waals surface area contributed by atoms with Crippen molar-refractivity contribution in [1.29, 1.82) is 0 Å². The molecule has 0 aliphatic carbocycles. The van der Waals surface area contributed by atoms with Crippen molar-refractivity contribution >= 4 is 17.6 Å². The van der Waals surface area contributed by atoms with Crippen LogP contribution in [0.4, 0.5) is 5.82 Å². The van der Waals surface area contributed by atoms with Gasteiger partial charge in [0.15, 0.2) is 5.69 Å². The molecule has 1 aliphatic rings. The maximum Gasteiger partial charge on any atom is 0.269 e. The highest BCUT2D eigenvalue weighted by Gasteiger charge is 2.28. The number of nitrogens with one attached hydrogen (secondary N) is 1. The first-order valence-corrected chi connectivity index (χ1v) is 8.71. The third-order valence-electron chi connectivity index (χ3n) is 4.59. The van der Waals surface area contributed by atoms with Gasteiger partial charge in [-0.2, -0.15) is 5.10 Å². The van der Waals surface area contributed by atoms with E-state index in [9.17, 15) is 9.59 Å². The van der Waals surface area contributed by atoms with E-state index in [0.29, 0.717) is 18.7 Å². The first-order valence-electron chi connectivity index (χ1n) is 8.71. The Balaban J connectivity index is 1.84. The van der Waals surface area contributed by atoms with E-state index in [1.807, 2.05) is 30.7 Å². The topological polar surface area (TPSA) is 106 Å². The van der Waals surface area contributed by atoms with Gasteiger partial charge in [0.25, 0.3) is 5.91 Å². The molecule has 1 aliphatic heterocycles. The van der Waals surface area contributed by atoms with Crippen LogP contribution < -0.4 is 16.0 Å². The van der Waals surface area contributed by atoms with E-state index in [2.05, 4.69) is 20.3 Å². The van der Waals surface area contributed by atoms with Gasteiger partial charge in [0, 0.05) is 50.1 Å². The SMILES string of the molecule is CNC(=O)Cc1ccc(N2CCc3c(c(C(N)=O)nn3C(C)C)C2)nc1. The summed E-state index contributed by atoms with van der Waals surface area (Å²) < 4.78 is 1.90. The maximum atomic E-state index is 11.8. The molecule has 0 saturated carbocycles.